The number of rotatable bonds is 14. The van der Waals surface area contributed by atoms with Gasteiger partial charge in [-0.3, -0.25) is 0 Å². The van der Waals surface area contributed by atoms with Gasteiger partial charge >= 0.3 is 0 Å². The van der Waals surface area contributed by atoms with Crippen LogP contribution >= 0.6 is 0 Å². The zero-order chi connectivity index (χ0) is 25.7. The van der Waals surface area contributed by atoms with E-state index < -0.39 is 0 Å². The molecule has 0 aliphatic rings. The maximum absolute atomic E-state index is 5.97. The number of ether oxygens (including phenoxy) is 4. The molecular weight excluding hydrogens is 462 g/mol. The molecule has 4 aromatic rings. The van der Waals surface area contributed by atoms with Crippen molar-refractivity contribution in [2.45, 2.75) is 26.1 Å². The zero-order valence-electron chi connectivity index (χ0n) is 21.6. The SMILES string of the molecule is COc1cc(CCNCCc2ccc(OCc3ccccc3)c(OC)c2)ccc1OCc1ccccc1. The predicted octanol–water partition coefficient (Wildman–Crippen LogP) is 6.24. The van der Waals surface area contributed by atoms with Crippen LogP contribution in [0.1, 0.15) is 22.3 Å². The van der Waals surface area contributed by atoms with E-state index in [9.17, 15) is 0 Å². The minimum atomic E-state index is 0.517. The van der Waals surface area contributed by atoms with Crippen molar-refractivity contribution in [3.63, 3.8) is 0 Å². The van der Waals surface area contributed by atoms with Gasteiger partial charge in [-0.2, -0.15) is 0 Å². The van der Waals surface area contributed by atoms with E-state index in [1.807, 2.05) is 48.5 Å². The molecule has 0 fully saturated rings. The Balaban J connectivity index is 1.21. The first-order valence-electron chi connectivity index (χ1n) is 12.6. The normalized spacial score (nSPS) is 10.6. The van der Waals surface area contributed by atoms with Crippen LogP contribution in [-0.2, 0) is 26.1 Å². The Labute approximate surface area is 220 Å². The highest BCUT2D eigenvalue weighted by Gasteiger charge is 2.08. The van der Waals surface area contributed by atoms with Crippen molar-refractivity contribution >= 4 is 0 Å². The summed E-state index contributed by atoms with van der Waals surface area (Å²) in [7, 11) is 3.36. The minimum absolute atomic E-state index is 0.517. The summed E-state index contributed by atoms with van der Waals surface area (Å²) in [6.45, 7) is 2.79. The van der Waals surface area contributed by atoms with Crippen molar-refractivity contribution in [2.24, 2.45) is 0 Å². The first-order valence-corrected chi connectivity index (χ1v) is 12.6. The topological polar surface area (TPSA) is 49.0 Å². The molecule has 0 saturated carbocycles. The lowest BCUT2D eigenvalue weighted by atomic mass is 10.1. The van der Waals surface area contributed by atoms with Crippen LogP contribution < -0.4 is 24.3 Å². The van der Waals surface area contributed by atoms with E-state index in [2.05, 4.69) is 53.8 Å². The largest absolute Gasteiger partial charge is 0.493 e. The van der Waals surface area contributed by atoms with Crippen LogP contribution in [0.15, 0.2) is 97.1 Å². The molecule has 4 aromatic carbocycles. The van der Waals surface area contributed by atoms with Crippen LogP contribution in [0, 0.1) is 0 Å². The van der Waals surface area contributed by atoms with Crippen LogP contribution in [0.4, 0.5) is 0 Å². The van der Waals surface area contributed by atoms with Gasteiger partial charge in [-0.1, -0.05) is 72.8 Å². The first-order chi connectivity index (χ1) is 18.2. The molecule has 0 radical (unpaired) electrons. The standard InChI is InChI=1S/C32H35NO4/c1-34-31-21-25(13-15-29(31)36-23-27-9-5-3-6-10-27)17-19-33-20-18-26-14-16-30(32(22-26)35-2)37-24-28-11-7-4-8-12-28/h3-16,21-22,33H,17-20,23-24H2,1-2H3. The Hall–Kier alpha value is -3.96. The van der Waals surface area contributed by atoms with Gasteiger partial charge in [-0.05, 0) is 72.5 Å². The van der Waals surface area contributed by atoms with Crippen molar-refractivity contribution in [1.29, 1.82) is 0 Å². The van der Waals surface area contributed by atoms with E-state index in [1.54, 1.807) is 14.2 Å². The molecule has 0 amide bonds. The van der Waals surface area contributed by atoms with Gasteiger partial charge in [-0.25, -0.2) is 0 Å². The molecule has 0 aliphatic carbocycles. The Morgan fingerprint density at radius 3 is 1.32 bits per heavy atom. The molecule has 192 valence electrons. The third-order valence-electron chi connectivity index (χ3n) is 6.11. The molecule has 0 bridgehead atoms. The highest BCUT2D eigenvalue weighted by atomic mass is 16.5. The summed E-state index contributed by atoms with van der Waals surface area (Å²) in [6.07, 6.45) is 1.82. The van der Waals surface area contributed by atoms with E-state index in [1.165, 1.54) is 11.1 Å². The molecule has 37 heavy (non-hydrogen) atoms. The molecule has 0 unspecified atom stereocenters. The quantitative estimate of drug-likeness (QED) is 0.209. The summed E-state index contributed by atoms with van der Waals surface area (Å²) in [5.74, 6) is 3.03. The van der Waals surface area contributed by atoms with Gasteiger partial charge in [0.05, 0.1) is 14.2 Å². The van der Waals surface area contributed by atoms with Crippen molar-refractivity contribution in [1.82, 2.24) is 5.32 Å². The number of hydrogen-bond donors (Lipinski definition) is 1. The van der Waals surface area contributed by atoms with Gasteiger partial charge in [0.25, 0.3) is 0 Å². The molecule has 0 aromatic heterocycles. The average Bonchev–Trinajstić information content (AvgIpc) is 2.96. The smallest absolute Gasteiger partial charge is 0.161 e. The van der Waals surface area contributed by atoms with Crippen molar-refractivity contribution < 1.29 is 18.9 Å². The molecule has 0 atom stereocenters. The van der Waals surface area contributed by atoms with E-state index in [-0.39, 0.29) is 0 Å². The van der Waals surface area contributed by atoms with Gasteiger partial charge in [0.1, 0.15) is 13.2 Å². The zero-order valence-corrected chi connectivity index (χ0v) is 21.6. The van der Waals surface area contributed by atoms with Crippen LogP contribution in [0.3, 0.4) is 0 Å². The lowest BCUT2D eigenvalue weighted by Gasteiger charge is -2.13. The maximum Gasteiger partial charge on any atom is 0.161 e. The van der Waals surface area contributed by atoms with Crippen LogP contribution in [0.25, 0.3) is 0 Å². The number of nitrogens with one attached hydrogen (secondary N) is 1. The molecule has 0 saturated heterocycles. The number of benzene rings is 4. The molecule has 5 nitrogen and oxygen atoms in total. The maximum atomic E-state index is 5.97. The third kappa shape index (κ3) is 8.02. The fraction of sp³-hybridized carbons (Fsp3) is 0.250. The first kappa shape index (κ1) is 26.1. The fourth-order valence-corrected chi connectivity index (χ4v) is 4.03. The highest BCUT2D eigenvalue weighted by molar-refractivity contribution is 5.44. The highest BCUT2D eigenvalue weighted by Crippen LogP contribution is 2.30. The Morgan fingerprint density at radius 1 is 0.486 bits per heavy atom. The van der Waals surface area contributed by atoms with Crippen molar-refractivity contribution in [3.05, 3.63) is 119 Å². The Kier molecular flexibility index (Phi) is 9.85. The minimum Gasteiger partial charge on any atom is -0.493 e. The van der Waals surface area contributed by atoms with Crippen LogP contribution in [0.5, 0.6) is 23.0 Å². The summed E-state index contributed by atoms with van der Waals surface area (Å²) in [4.78, 5) is 0. The summed E-state index contributed by atoms with van der Waals surface area (Å²) in [5.41, 5.74) is 4.67. The van der Waals surface area contributed by atoms with E-state index >= 15 is 0 Å². The summed E-state index contributed by atoms with van der Waals surface area (Å²) in [6, 6.07) is 32.6. The molecule has 0 aliphatic heterocycles. The van der Waals surface area contributed by atoms with Gasteiger partial charge < -0.3 is 24.3 Å². The molecule has 0 spiro atoms. The second-order valence-corrected chi connectivity index (χ2v) is 8.77. The average molecular weight is 498 g/mol. The van der Waals surface area contributed by atoms with Gasteiger partial charge in [0.15, 0.2) is 23.0 Å². The third-order valence-corrected chi connectivity index (χ3v) is 6.11. The summed E-state index contributed by atoms with van der Waals surface area (Å²) in [5, 5.41) is 3.54. The second-order valence-electron chi connectivity index (χ2n) is 8.77. The van der Waals surface area contributed by atoms with E-state index in [4.69, 9.17) is 18.9 Å². The molecule has 5 heteroatoms. The van der Waals surface area contributed by atoms with E-state index in [0.29, 0.717) is 13.2 Å². The summed E-state index contributed by atoms with van der Waals surface area (Å²) >= 11 is 0. The van der Waals surface area contributed by atoms with Crippen molar-refractivity contribution in [2.75, 3.05) is 27.3 Å². The van der Waals surface area contributed by atoms with Crippen molar-refractivity contribution in [3.8, 4) is 23.0 Å². The molecule has 4 rings (SSSR count). The number of methoxy groups -OCH3 is 2. The summed E-state index contributed by atoms with van der Waals surface area (Å²) < 4.78 is 23.1. The number of hydrogen-bond acceptors (Lipinski definition) is 5. The fourth-order valence-electron chi connectivity index (χ4n) is 4.03. The lowest BCUT2D eigenvalue weighted by molar-refractivity contribution is 0.284. The molecule has 0 heterocycles. The predicted molar refractivity (Wildman–Crippen MR) is 148 cm³/mol. The van der Waals surface area contributed by atoms with Gasteiger partial charge in [0.2, 0.25) is 0 Å². The van der Waals surface area contributed by atoms with E-state index in [0.717, 1.165) is 60.1 Å². The van der Waals surface area contributed by atoms with Gasteiger partial charge in [0, 0.05) is 0 Å². The second kappa shape index (κ2) is 14.0. The molecule has 1 N–H and O–H groups in total. The monoisotopic (exact) mass is 497 g/mol. The Bertz CT molecular complexity index is 1130. The van der Waals surface area contributed by atoms with Crippen LogP contribution in [-0.4, -0.2) is 27.3 Å². The molecular formula is C32H35NO4. The lowest BCUT2D eigenvalue weighted by Crippen LogP contribution is -2.20. The Morgan fingerprint density at radius 2 is 0.919 bits per heavy atom. The van der Waals surface area contributed by atoms with Crippen LogP contribution in [0.2, 0.25) is 0 Å². The van der Waals surface area contributed by atoms with Gasteiger partial charge in [-0.15, -0.1) is 0 Å².